The lowest BCUT2D eigenvalue weighted by Crippen LogP contribution is -2.27. The molecule has 1 saturated heterocycles. The van der Waals surface area contributed by atoms with Gasteiger partial charge in [0.1, 0.15) is 0 Å². The Bertz CT molecular complexity index is 465. The molecule has 3 nitrogen and oxygen atoms in total. The summed E-state index contributed by atoms with van der Waals surface area (Å²) < 4.78 is 0. The lowest BCUT2D eigenvalue weighted by Gasteiger charge is -2.19. The maximum Gasteiger partial charge on any atom is 0.244 e. The normalized spacial score (nSPS) is 16.3. The highest BCUT2D eigenvalue weighted by atomic mass is 32.2. The molecule has 1 atom stereocenters. The van der Waals surface area contributed by atoms with Gasteiger partial charge in [-0.25, -0.2) is 0 Å². The number of carbonyl (C=O) groups is 1. The van der Waals surface area contributed by atoms with E-state index in [0.717, 1.165) is 36.3 Å². The van der Waals surface area contributed by atoms with E-state index >= 15 is 0 Å². The Labute approximate surface area is 130 Å². The van der Waals surface area contributed by atoms with Crippen molar-refractivity contribution in [3.63, 3.8) is 0 Å². The van der Waals surface area contributed by atoms with E-state index in [1.165, 1.54) is 5.57 Å². The average Bonchev–Trinajstić information content (AvgIpc) is 2.53. The lowest BCUT2D eigenvalue weighted by atomic mass is 10.0. The van der Waals surface area contributed by atoms with Gasteiger partial charge in [-0.05, 0) is 42.8 Å². The van der Waals surface area contributed by atoms with E-state index in [9.17, 15) is 4.79 Å². The predicted octanol–water partition coefficient (Wildman–Crippen LogP) is 3.07. The molecule has 2 N–H and O–H groups in total. The first-order valence-electron chi connectivity index (χ1n) is 7.53. The van der Waals surface area contributed by atoms with Crippen LogP contribution in [0.25, 0.3) is 0 Å². The van der Waals surface area contributed by atoms with Gasteiger partial charge in [-0.2, -0.15) is 11.8 Å². The summed E-state index contributed by atoms with van der Waals surface area (Å²) in [6.07, 6.45) is 5.25. The van der Waals surface area contributed by atoms with Crippen LogP contribution in [0.1, 0.15) is 37.3 Å². The Hall–Kier alpha value is -1.26. The van der Waals surface area contributed by atoms with Crippen LogP contribution in [0.4, 0.5) is 0 Å². The molecule has 0 radical (unpaired) electrons. The number of nitrogens with one attached hydrogen (secondary N) is 1. The van der Waals surface area contributed by atoms with Crippen molar-refractivity contribution in [1.29, 1.82) is 0 Å². The fraction of sp³-hybridized carbons (Fsp3) is 0.471. The zero-order chi connectivity index (χ0) is 14.9. The molecule has 0 aliphatic carbocycles. The van der Waals surface area contributed by atoms with Crippen molar-refractivity contribution in [3.05, 3.63) is 47.5 Å². The van der Waals surface area contributed by atoms with E-state index < -0.39 is 0 Å². The average molecular weight is 305 g/mol. The SMILES string of the molecule is O=C(C=C1CCSCC1)NC(CCCO)c1ccccc1. The summed E-state index contributed by atoms with van der Waals surface area (Å²) in [5, 5.41) is 12.1. The van der Waals surface area contributed by atoms with E-state index in [1.54, 1.807) is 6.08 Å². The van der Waals surface area contributed by atoms with E-state index in [-0.39, 0.29) is 18.6 Å². The summed E-state index contributed by atoms with van der Waals surface area (Å²) >= 11 is 1.95. The molecule has 4 heteroatoms. The van der Waals surface area contributed by atoms with Crippen molar-refractivity contribution in [2.24, 2.45) is 0 Å². The van der Waals surface area contributed by atoms with Crippen LogP contribution in [0, 0.1) is 0 Å². The monoisotopic (exact) mass is 305 g/mol. The Morgan fingerprint density at radius 2 is 2.00 bits per heavy atom. The number of benzene rings is 1. The highest BCUT2D eigenvalue weighted by molar-refractivity contribution is 7.99. The summed E-state index contributed by atoms with van der Waals surface area (Å²) in [5.41, 5.74) is 2.34. The van der Waals surface area contributed by atoms with Crippen LogP contribution in [0.3, 0.4) is 0 Å². The number of hydrogen-bond donors (Lipinski definition) is 2. The van der Waals surface area contributed by atoms with Crippen molar-refractivity contribution in [2.45, 2.75) is 31.7 Å². The summed E-state index contributed by atoms with van der Waals surface area (Å²) in [5.74, 6) is 2.22. The summed E-state index contributed by atoms with van der Waals surface area (Å²) in [6.45, 7) is 0.150. The Kier molecular flexibility index (Phi) is 6.83. The molecule has 0 bridgehead atoms. The first-order valence-corrected chi connectivity index (χ1v) is 8.68. The maximum absolute atomic E-state index is 12.2. The van der Waals surface area contributed by atoms with Gasteiger partial charge in [0.25, 0.3) is 0 Å². The molecule has 2 rings (SSSR count). The van der Waals surface area contributed by atoms with Gasteiger partial charge in [0.15, 0.2) is 0 Å². The number of allylic oxidation sites excluding steroid dienone is 1. The zero-order valence-corrected chi connectivity index (χ0v) is 13.1. The lowest BCUT2D eigenvalue weighted by molar-refractivity contribution is -0.117. The third kappa shape index (κ3) is 5.56. The van der Waals surface area contributed by atoms with Crippen molar-refractivity contribution in [1.82, 2.24) is 5.32 Å². The number of amides is 1. The molecular formula is C17H23NO2S. The molecule has 1 heterocycles. The maximum atomic E-state index is 12.2. The molecule has 1 aromatic rings. The molecule has 114 valence electrons. The molecule has 0 spiro atoms. The van der Waals surface area contributed by atoms with E-state index in [2.05, 4.69) is 5.32 Å². The van der Waals surface area contributed by atoms with Crippen LogP contribution in [0.2, 0.25) is 0 Å². The molecule has 0 aromatic heterocycles. The molecule has 1 aromatic carbocycles. The number of rotatable bonds is 6. The van der Waals surface area contributed by atoms with Crippen molar-refractivity contribution in [3.8, 4) is 0 Å². The van der Waals surface area contributed by atoms with Gasteiger partial charge in [0.05, 0.1) is 6.04 Å². The van der Waals surface area contributed by atoms with Gasteiger partial charge in [0.2, 0.25) is 5.91 Å². The van der Waals surface area contributed by atoms with Crippen LogP contribution < -0.4 is 5.32 Å². The number of aliphatic hydroxyl groups is 1. The molecule has 1 aliphatic heterocycles. The topological polar surface area (TPSA) is 49.3 Å². The van der Waals surface area contributed by atoms with Gasteiger partial charge in [-0.3, -0.25) is 4.79 Å². The molecule has 1 fully saturated rings. The molecule has 1 unspecified atom stereocenters. The van der Waals surface area contributed by atoms with Crippen LogP contribution in [-0.2, 0) is 4.79 Å². The molecular weight excluding hydrogens is 282 g/mol. The second-order valence-electron chi connectivity index (χ2n) is 5.25. The second kappa shape index (κ2) is 8.90. The van der Waals surface area contributed by atoms with Crippen molar-refractivity contribution >= 4 is 17.7 Å². The first kappa shape index (κ1) is 16.1. The van der Waals surface area contributed by atoms with Crippen LogP contribution in [0.15, 0.2) is 42.0 Å². The number of thioether (sulfide) groups is 1. The van der Waals surface area contributed by atoms with Gasteiger partial charge < -0.3 is 10.4 Å². The fourth-order valence-electron chi connectivity index (χ4n) is 2.48. The highest BCUT2D eigenvalue weighted by Gasteiger charge is 2.14. The van der Waals surface area contributed by atoms with Gasteiger partial charge in [-0.15, -0.1) is 0 Å². The van der Waals surface area contributed by atoms with E-state index in [0.29, 0.717) is 6.42 Å². The van der Waals surface area contributed by atoms with Crippen molar-refractivity contribution in [2.75, 3.05) is 18.1 Å². The number of carbonyl (C=O) groups excluding carboxylic acids is 1. The minimum atomic E-state index is -0.0272. The summed E-state index contributed by atoms with van der Waals surface area (Å²) in [6, 6.07) is 9.94. The Morgan fingerprint density at radius 1 is 1.29 bits per heavy atom. The van der Waals surface area contributed by atoms with Gasteiger partial charge in [-0.1, -0.05) is 35.9 Å². The van der Waals surface area contributed by atoms with Crippen LogP contribution in [-0.4, -0.2) is 29.1 Å². The molecule has 1 amide bonds. The molecule has 1 aliphatic rings. The first-order chi connectivity index (χ1) is 10.3. The quantitative estimate of drug-likeness (QED) is 0.794. The number of hydrogen-bond acceptors (Lipinski definition) is 3. The van der Waals surface area contributed by atoms with E-state index in [1.807, 2.05) is 42.1 Å². The van der Waals surface area contributed by atoms with Crippen LogP contribution >= 0.6 is 11.8 Å². The molecule has 21 heavy (non-hydrogen) atoms. The minimum Gasteiger partial charge on any atom is -0.396 e. The highest BCUT2D eigenvalue weighted by Crippen LogP contribution is 2.22. The minimum absolute atomic E-state index is 0.0105. The van der Waals surface area contributed by atoms with Crippen LogP contribution in [0.5, 0.6) is 0 Å². The third-order valence-electron chi connectivity index (χ3n) is 3.64. The largest absolute Gasteiger partial charge is 0.396 e. The van der Waals surface area contributed by atoms with Gasteiger partial charge in [0, 0.05) is 12.7 Å². The number of aliphatic hydroxyl groups excluding tert-OH is 1. The smallest absolute Gasteiger partial charge is 0.244 e. The zero-order valence-electron chi connectivity index (χ0n) is 12.3. The summed E-state index contributed by atoms with van der Waals surface area (Å²) in [7, 11) is 0. The second-order valence-corrected chi connectivity index (χ2v) is 6.48. The fourth-order valence-corrected chi connectivity index (χ4v) is 3.50. The predicted molar refractivity (Wildman–Crippen MR) is 88.3 cm³/mol. The third-order valence-corrected chi connectivity index (χ3v) is 4.63. The van der Waals surface area contributed by atoms with Crippen molar-refractivity contribution < 1.29 is 9.90 Å². The van der Waals surface area contributed by atoms with Gasteiger partial charge >= 0.3 is 0 Å². The van der Waals surface area contributed by atoms with E-state index in [4.69, 9.17) is 5.11 Å². The standard InChI is InChI=1S/C17H23NO2S/c19-10-4-7-16(15-5-2-1-3-6-15)18-17(20)13-14-8-11-21-12-9-14/h1-3,5-6,13,16,19H,4,7-12H2,(H,18,20). The Morgan fingerprint density at radius 3 is 2.67 bits per heavy atom. The summed E-state index contributed by atoms with van der Waals surface area (Å²) in [4.78, 5) is 12.2. The Balaban J connectivity index is 1.99. The molecule has 0 saturated carbocycles.